The van der Waals surface area contributed by atoms with Crippen LogP contribution in [0.2, 0.25) is 5.02 Å². The molecule has 0 saturated heterocycles. The van der Waals surface area contributed by atoms with Crippen LogP contribution in [0.25, 0.3) is 0 Å². The van der Waals surface area contributed by atoms with E-state index in [9.17, 15) is 0 Å². The molecule has 0 saturated carbocycles. The molecule has 2 aromatic carbocycles. The van der Waals surface area contributed by atoms with Crippen molar-refractivity contribution in [2.24, 2.45) is 0 Å². The fraction of sp³-hybridized carbons (Fsp3) is 0.294. The van der Waals surface area contributed by atoms with Crippen molar-refractivity contribution < 1.29 is 0 Å². The van der Waals surface area contributed by atoms with Crippen molar-refractivity contribution in [3.63, 3.8) is 0 Å². The summed E-state index contributed by atoms with van der Waals surface area (Å²) in [6.45, 7) is 4.11. The number of nitrogens with zero attached hydrogens (tertiary/aromatic N) is 1. The molecule has 0 radical (unpaired) electrons. The summed E-state index contributed by atoms with van der Waals surface area (Å²) in [5.74, 6) is 0. The highest BCUT2D eigenvalue weighted by Gasteiger charge is 2.09. The third-order valence-electron chi connectivity index (χ3n) is 3.28. The molecule has 106 valence electrons. The molecular formula is C17H19BrClN. The third-order valence-corrected chi connectivity index (χ3v) is 4.12. The van der Waals surface area contributed by atoms with Crippen LogP contribution in [0, 0.1) is 0 Å². The van der Waals surface area contributed by atoms with Gasteiger partial charge in [-0.1, -0.05) is 65.1 Å². The van der Waals surface area contributed by atoms with Crippen LogP contribution in [0.4, 0.5) is 5.69 Å². The summed E-state index contributed by atoms with van der Waals surface area (Å²) in [4.78, 5) is 2.39. The third kappa shape index (κ3) is 4.26. The molecule has 0 N–H and O–H groups in total. The van der Waals surface area contributed by atoms with Gasteiger partial charge in [-0.05, 0) is 36.2 Å². The Morgan fingerprint density at radius 1 is 1.10 bits per heavy atom. The molecule has 0 unspecified atom stereocenters. The first-order valence-corrected chi connectivity index (χ1v) is 8.11. The minimum Gasteiger partial charge on any atom is -0.367 e. The van der Waals surface area contributed by atoms with Gasteiger partial charge < -0.3 is 4.90 Å². The molecule has 0 spiro atoms. The summed E-state index contributed by atoms with van der Waals surface area (Å²) in [6, 6.07) is 16.6. The molecule has 2 aromatic rings. The number of para-hydroxylation sites is 1. The van der Waals surface area contributed by atoms with Gasteiger partial charge in [0.2, 0.25) is 0 Å². The monoisotopic (exact) mass is 351 g/mol. The fourth-order valence-corrected chi connectivity index (χ4v) is 2.88. The standard InChI is InChI=1S/C17H19BrClN/c1-2-3-11-20(16-7-5-4-6-8-16)13-14-9-10-15(18)12-17(14)19/h4-10,12H,2-3,11,13H2,1H3. The van der Waals surface area contributed by atoms with Crippen molar-refractivity contribution in [1.82, 2.24) is 0 Å². The Bertz CT molecular complexity index is 542. The molecule has 0 aliphatic carbocycles. The van der Waals surface area contributed by atoms with Gasteiger partial charge in [-0.3, -0.25) is 0 Å². The van der Waals surface area contributed by atoms with Gasteiger partial charge in [0.25, 0.3) is 0 Å². The van der Waals surface area contributed by atoms with Gasteiger partial charge in [0.15, 0.2) is 0 Å². The molecule has 0 atom stereocenters. The Morgan fingerprint density at radius 3 is 2.50 bits per heavy atom. The molecule has 2 rings (SSSR count). The lowest BCUT2D eigenvalue weighted by atomic mass is 10.1. The molecule has 0 heterocycles. The van der Waals surface area contributed by atoms with Gasteiger partial charge in [-0.15, -0.1) is 0 Å². The Labute approximate surface area is 134 Å². The van der Waals surface area contributed by atoms with Gasteiger partial charge in [0.1, 0.15) is 0 Å². The second-order valence-electron chi connectivity index (χ2n) is 4.85. The first-order chi connectivity index (χ1) is 9.70. The second-order valence-corrected chi connectivity index (χ2v) is 6.17. The van der Waals surface area contributed by atoms with Gasteiger partial charge in [-0.25, -0.2) is 0 Å². The van der Waals surface area contributed by atoms with Crippen molar-refractivity contribution in [2.75, 3.05) is 11.4 Å². The first kappa shape index (κ1) is 15.4. The predicted octanol–water partition coefficient (Wildman–Crippen LogP) is 5.91. The fourth-order valence-electron chi connectivity index (χ4n) is 2.14. The zero-order valence-electron chi connectivity index (χ0n) is 11.7. The van der Waals surface area contributed by atoms with Gasteiger partial charge in [0, 0.05) is 28.3 Å². The van der Waals surface area contributed by atoms with Crippen LogP contribution in [0.1, 0.15) is 25.3 Å². The zero-order chi connectivity index (χ0) is 14.4. The van der Waals surface area contributed by atoms with E-state index in [2.05, 4.69) is 58.1 Å². The van der Waals surface area contributed by atoms with Crippen molar-refractivity contribution in [2.45, 2.75) is 26.3 Å². The average Bonchev–Trinajstić information content (AvgIpc) is 2.46. The lowest BCUT2D eigenvalue weighted by Crippen LogP contribution is -2.23. The number of benzene rings is 2. The molecule has 0 bridgehead atoms. The molecule has 0 amide bonds. The average molecular weight is 353 g/mol. The summed E-state index contributed by atoms with van der Waals surface area (Å²) in [7, 11) is 0. The van der Waals surface area contributed by atoms with E-state index in [1.807, 2.05) is 18.2 Å². The van der Waals surface area contributed by atoms with E-state index in [1.165, 1.54) is 18.5 Å². The van der Waals surface area contributed by atoms with Crippen LogP contribution in [0.15, 0.2) is 53.0 Å². The molecule has 3 heteroatoms. The van der Waals surface area contributed by atoms with Crippen LogP contribution >= 0.6 is 27.5 Å². The normalized spacial score (nSPS) is 10.6. The largest absolute Gasteiger partial charge is 0.367 e. The molecule has 0 fully saturated rings. The Kier molecular flexibility index (Phi) is 5.93. The number of hydrogen-bond donors (Lipinski definition) is 0. The van der Waals surface area contributed by atoms with Crippen LogP contribution in [0.5, 0.6) is 0 Å². The predicted molar refractivity (Wildman–Crippen MR) is 91.6 cm³/mol. The lowest BCUT2D eigenvalue weighted by molar-refractivity contribution is 0.716. The minimum atomic E-state index is 0.816. The van der Waals surface area contributed by atoms with E-state index >= 15 is 0 Å². The van der Waals surface area contributed by atoms with Crippen molar-refractivity contribution in [3.8, 4) is 0 Å². The van der Waals surface area contributed by atoms with E-state index in [1.54, 1.807) is 0 Å². The van der Waals surface area contributed by atoms with Crippen LogP contribution in [-0.2, 0) is 6.54 Å². The van der Waals surface area contributed by atoms with Crippen LogP contribution < -0.4 is 4.90 Å². The summed E-state index contributed by atoms with van der Waals surface area (Å²) < 4.78 is 1.02. The van der Waals surface area contributed by atoms with Crippen LogP contribution in [-0.4, -0.2) is 6.54 Å². The molecule has 0 aliphatic rings. The molecular weight excluding hydrogens is 334 g/mol. The summed E-state index contributed by atoms with van der Waals surface area (Å²) in [6.07, 6.45) is 2.38. The number of halogens is 2. The number of hydrogen-bond acceptors (Lipinski definition) is 1. The van der Waals surface area contributed by atoms with Crippen molar-refractivity contribution in [1.29, 1.82) is 0 Å². The number of rotatable bonds is 6. The first-order valence-electron chi connectivity index (χ1n) is 6.94. The zero-order valence-corrected chi connectivity index (χ0v) is 14.0. The van der Waals surface area contributed by atoms with Gasteiger partial charge in [0.05, 0.1) is 0 Å². The second kappa shape index (κ2) is 7.70. The minimum absolute atomic E-state index is 0.816. The van der Waals surface area contributed by atoms with Crippen LogP contribution in [0.3, 0.4) is 0 Å². The smallest absolute Gasteiger partial charge is 0.0467 e. The highest BCUT2D eigenvalue weighted by Crippen LogP contribution is 2.25. The Balaban J connectivity index is 2.19. The Hall–Kier alpha value is -0.990. The van der Waals surface area contributed by atoms with E-state index in [0.717, 1.165) is 28.1 Å². The SMILES string of the molecule is CCCCN(Cc1ccc(Br)cc1Cl)c1ccccc1. The van der Waals surface area contributed by atoms with E-state index < -0.39 is 0 Å². The molecule has 0 aromatic heterocycles. The van der Waals surface area contributed by atoms with Crippen molar-refractivity contribution in [3.05, 3.63) is 63.6 Å². The van der Waals surface area contributed by atoms with Gasteiger partial charge in [-0.2, -0.15) is 0 Å². The molecule has 0 aliphatic heterocycles. The maximum atomic E-state index is 6.34. The highest BCUT2D eigenvalue weighted by atomic mass is 79.9. The quantitative estimate of drug-likeness (QED) is 0.624. The van der Waals surface area contributed by atoms with E-state index in [-0.39, 0.29) is 0 Å². The van der Waals surface area contributed by atoms with E-state index in [0.29, 0.717) is 0 Å². The van der Waals surface area contributed by atoms with E-state index in [4.69, 9.17) is 11.6 Å². The molecule has 1 nitrogen and oxygen atoms in total. The summed E-state index contributed by atoms with van der Waals surface area (Å²) in [5, 5.41) is 0.816. The lowest BCUT2D eigenvalue weighted by Gasteiger charge is -2.25. The maximum absolute atomic E-state index is 6.34. The highest BCUT2D eigenvalue weighted by molar-refractivity contribution is 9.10. The topological polar surface area (TPSA) is 3.24 Å². The summed E-state index contributed by atoms with van der Waals surface area (Å²) in [5.41, 5.74) is 2.41. The summed E-state index contributed by atoms with van der Waals surface area (Å²) >= 11 is 9.79. The van der Waals surface area contributed by atoms with Crippen molar-refractivity contribution >= 4 is 33.2 Å². The Morgan fingerprint density at radius 2 is 1.85 bits per heavy atom. The van der Waals surface area contributed by atoms with Gasteiger partial charge >= 0.3 is 0 Å². The number of unbranched alkanes of at least 4 members (excludes halogenated alkanes) is 1. The molecule has 20 heavy (non-hydrogen) atoms. The maximum Gasteiger partial charge on any atom is 0.0467 e. The number of anilines is 1.